The summed E-state index contributed by atoms with van der Waals surface area (Å²) in [5.41, 5.74) is 4.64. The molecule has 7 rings (SSSR count). The molecule has 11 nitrogen and oxygen atoms in total. The number of fused-ring (bicyclic) bond motifs is 4. The van der Waals surface area contributed by atoms with Crippen LogP contribution in [0.1, 0.15) is 107 Å². The Morgan fingerprint density at radius 2 is 1.80 bits per heavy atom. The molecule has 3 aliphatic heterocycles. The molecule has 0 saturated carbocycles. The van der Waals surface area contributed by atoms with Crippen molar-refractivity contribution in [2.45, 2.75) is 122 Å². The third kappa shape index (κ3) is 6.42. The van der Waals surface area contributed by atoms with Gasteiger partial charge in [0.05, 0.1) is 36.4 Å². The fourth-order valence-electron chi connectivity index (χ4n) is 8.34. The molecule has 4 atom stereocenters. The average molecular weight is 683 g/mol. The van der Waals surface area contributed by atoms with E-state index in [0.29, 0.717) is 29.7 Å². The van der Waals surface area contributed by atoms with Crippen LogP contribution in [0.25, 0.3) is 33.5 Å². The van der Waals surface area contributed by atoms with E-state index in [1.807, 2.05) is 51.8 Å². The van der Waals surface area contributed by atoms with Crippen molar-refractivity contribution in [3.8, 4) is 17.3 Å². The van der Waals surface area contributed by atoms with E-state index >= 15 is 0 Å². The third-order valence-electron chi connectivity index (χ3n) is 10.7. The van der Waals surface area contributed by atoms with Gasteiger partial charge in [-0.15, -0.1) is 0 Å². The highest BCUT2D eigenvalue weighted by atomic mass is 16.6. The number of alkyl carbamates (subject to hydrolysis) is 1. The van der Waals surface area contributed by atoms with Crippen LogP contribution >= 0.6 is 0 Å². The molecular formula is C39H50N6O5. The summed E-state index contributed by atoms with van der Waals surface area (Å²) in [5.74, 6) is 1.42. The molecule has 0 aliphatic carbocycles. The molecule has 2 N–H and O–H groups in total. The van der Waals surface area contributed by atoms with Gasteiger partial charge in [-0.25, -0.2) is 9.78 Å². The summed E-state index contributed by atoms with van der Waals surface area (Å²) in [6, 6.07) is 12.1. The van der Waals surface area contributed by atoms with Crippen LogP contribution in [0.5, 0.6) is 5.75 Å². The first-order valence-corrected chi connectivity index (χ1v) is 18.2. The zero-order valence-electron chi connectivity index (χ0n) is 30.2. The summed E-state index contributed by atoms with van der Waals surface area (Å²) in [5, 5.41) is 7.32. The third-order valence-corrected chi connectivity index (χ3v) is 10.7. The second-order valence-corrected chi connectivity index (χ2v) is 15.3. The van der Waals surface area contributed by atoms with Gasteiger partial charge in [-0.2, -0.15) is 0 Å². The highest BCUT2D eigenvalue weighted by molar-refractivity contribution is 6.01. The summed E-state index contributed by atoms with van der Waals surface area (Å²) >= 11 is 0. The van der Waals surface area contributed by atoms with Crippen LogP contribution < -0.4 is 15.4 Å². The lowest BCUT2D eigenvalue weighted by Crippen LogP contribution is -2.46. The molecule has 266 valence electrons. The van der Waals surface area contributed by atoms with Gasteiger partial charge in [0.2, 0.25) is 5.91 Å². The van der Waals surface area contributed by atoms with Crippen LogP contribution in [0, 0.1) is 0 Å². The minimum atomic E-state index is -0.592. The molecule has 3 aliphatic rings. The van der Waals surface area contributed by atoms with Crippen molar-refractivity contribution in [3.05, 3.63) is 47.5 Å². The predicted molar refractivity (Wildman–Crippen MR) is 193 cm³/mol. The number of benzene rings is 2. The smallest absolute Gasteiger partial charge is 0.407 e. The monoisotopic (exact) mass is 682 g/mol. The van der Waals surface area contributed by atoms with E-state index in [1.54, 1.807) is 7.11 Å². The number of rotatable bonds is 4. The Bertz CT molecular complexity index is 1950. The minimum absolute atomic E-state index is 0.0547. The van der Waals surface area contributed by atoms with Crippen molar-refractivity contribution in [2.75, 3.05) is 7.11 Å². The first-order chi connectivity index (χ1) is 23.9. The number of aryl methyl sites for hydroxylation is 2. The number of aromatic nitrogens is 3. The summed E-state index contributed by atoms with van der Waals surface area (Å²) in [4.78, 5) is 46.5. The van der Waals surface area contributed by atoms with Gasteiger partial charge in [-0.3, -0.25) is 9.59 Å². The molecule has 0 spiro atoms. The SMILES string of the molecule is COc1cc(C(=O)N2[C@H]3CC[C@@H]2[C@H](NC(=O)OC(C)(C)C)C3)cc2nc(-c3cc4ccc5cc4n3CCCCCCCC(=O)N[C@@H]5C)n(C)c12. The number of nitrogens with one attached hydrogen (secondary N) is 2. The maximum absolute atomic E-state index is 14.2. The second kappa shape index (κ2) is 13.3. The van der Waals surface area contributed by atoms with Gasteiger partial charge in [0, 0.05) is 42.5 Å². The molecule has 0 unspecified atom stereocenters. The number of amides is 3. The molecule has 2 saturated heterocycles. The van der Waals surface area contributed by atoms with Crippen LogP contribution in [-0.2, 0) is 23.1 Å². The predicted octanol–water partition coefficient (Wildman–Crippen LogP) is 7.01. The topological polar surface area (TPSA) is 120 Å². The number of imidazole rings is 1. The van der Waals surface area contributed by atoms with Gasteiger partial charge >= 0.3 is 6.09 Å². The van der Waals surface area contributed by atoms with E-state index in [4.69, 9.17) is 14.5 Å². The molecule has 2 fully saturated rings. The summed E-state index contributed by atoms with van der Waals surface area (Å²) < 4.78 is 15.9. The molecule has 2 aromatic heterocycles. The van der Waals surface area contributed by atoms with Crippen molar-refractivity contribution in [3.63, 3.8) is 0 Å². The maximum atomic E-state index is 14.2. The highest BCUT2D eigenvalue weighted by Crippen LogP contribution is 2.41. The number of ether oxygens (including phenoxy) is 2. The van der Waals surface area contributed by atoms with Gasteiger partial charge in [0.25, 0.3) is 5.91 Å². The van der Waals surface area contributed by atoms with Gasteiger partial charge in [-0.05, 0) is 89.6 Å². The van der Waals surface area contributed by atoms with Gasteiger partial charge < -0.3 is 34.1 Å². The lowest BCUT2D eigenvalue weighted by molar-refractivity contribution is -0.121. The zero-order valence-corrected chi connectivity index (χ0v) is 30.2. The summed E-state index contributed by atoms with van der Waals surface area (Å²) in [7, 11) is 3.63. The van der Waals surface area contributed by atoms with Crippen LogP contribution in [0.15, 0.2) is 36.4 Å². The Balaban J connectivity index is 1.23. The van der Waals surface area contributed by atoms with Crippen LogP contribution in [0.3, 0.4) is 0 Å². The molecule has 11 heteroatoms. The molecule has 5 heterocycles. The van der Waals surface area contributed by atoms with E-state index in [0.717, 1.165) is 85.0 Å². The van der Waals surface area contributed by atoms with Gasteiger partial charge in [-0.1, -0.05) is 31.4 Å². The van der Waals surface area contributed by atoms with E-state index in [-0.39, 0.29) is 36.0 Å². The number of hydrogen-bond acceptors (Lipinski definition) is 6. The molecule has 2 aromatic carbocycles. The molecule has 3 amide bonds. The number of hydrogen-bond donors (Lipinski definition) is 2. The molecule has 4 bridgehead atoms. The lowest BCUT2D eigenvalue weighted by atomic mass is 9.96. The summed E-state index contributed by atoms with van der Waals surface area (Å²) in [6.45, 7) is 8.43. The van der Waals surface area contributed by atoms with E-state index < -0.39 is 11.7 Å². The van der Waals surface area contributed by atoms with E-state index in [2.05, 4.69) is 44.0 Å². The summed E-state index contributed by atoms with van der Waals surface area (Å²) in [6.07, 6.45) is 7.74. The Morgan fingerprint density at radius 1 is 1.02 bits per heavy atom. The quantitative estimate of drug-likeness (QED) is 0.239. The largest absolute Gasteiger partial charge is 0.494 e. The molecule has 50 heavy (non-hydrogen) atoms. The number of nitrogens with zero attached hydrogens (tertiary/aromatic N) is 4. The Hall–Kier alpha value is -4.54. The van der Waals surface area contributed by atoms with Crippen molar-refractivity contribution in [1.82, 2.24) is 29.7 Å². The molecule has 0 radical (unpaired) electrons. The minimum Gasteiger partial charge on any atom is -0.494 e. The van der Waals surface area contributed by atoms with Crippen LogP contribution in [-0.4, -0.2) is 67.8 Å². The van der Waals surface area contributed by atoms with Gasteiger partial charge in [0.15, 0.2) is 5.82 Å². The number of methoxy groups -OCH3 is 1. The Kier molecular flexibility index (Phi) is 9.03. The van der Waals surface area contributed by atoms with Gasteiger partial charge in [0.1, 0.15) is 16.9 Å². The number of carbonyl (C=O) groups is 3. The number of carbonyl (C=O) groups excluding carboxylic acids is 3. The average Bonchev–Trinajstić information content (AvgIpc) is 3.82. The van der Waals surface area contributed by atoms with E-state index in [9.17, 15) is 14.4 Å². The normalized spacial score (nSPS) is 22.9. The molecule has 4 aromatic rings. The maximum Gasteiger partial charge on any atom is 0.407 e. The highest BCUT2D eigenvalue weighted by Gasteiger charge is 2.49. The second-order valence-electron chi connectivity index (χ2n) is 15.3. The van der Waals surface area contributed by atoms with Crippen molar-refractivity contribution < 1.29 is 23.9 Å². The van der Waals surface area contributed by atoms with Crippen molar-refractivity contribution in [1.29, 1.82) is 0 Å². The fraction of sp³-hybridized carbons (Fsp3) is 0.538. The van der Waals surface area contributed by atoms with Crippen LogP contribution in [0.4, 0.5) is 4.79 Å². The van der Waals surface area contributed by atoms with Crippen LogP contribution in [0.2, 0.25) is 0 Å². The first-order valence-electron chi connectivity index (χ1n) is 18.2. The first kappa shape index (κ1) is 33.9. The molecular weight excluding hydrogens is 632 g/mol. The zero-order chi connectivity index (χ0) is 35.3. The fourth-order valence-corrected chi connectivity index (χ4v) is 8.34. The van der Waals surface area contributed by atoms with Crippen molar-refractivity contribution >= 4 is 39.8 Å². The standard InChI is InChI=1S/C39H50N6O5/c1-23-24-13-14-25-20-32(44(31(25)19-24)17-11-9-7-8-10-12-34(46)40-23)36-41-29-18-26(21-33(49-6)35(29)43(36)5)37(47)45-27-15-16-30(45)28(22-27)42-38(48)50-39(2,3)4/h13-14,18-21,23,27-28,30H,7-12,15-17,22H2,1-6H3,(H,40,46)(H,42,48)/t23-,27+,28-,30-/m1/s1. The van der Waals surface area contributed by atoms with E-state index in [1.165, 1.54) is 0 Å². The Morgan fingerprint density at radius 3 is 2.58 bits per heavy atom. The Labute approximate surface area is 293 Å². The van der Waals surface area contributed by atoms with Crippen molar-refractivity contribution in [2.24, 2.45) is 7.05 Å². The lowest BCUT2D eigenvalue weighted by Gasteiger charge is -2.27.